The minimum atomic E-state index is -2.42. The molecule has 37 heavy (non-hydrogen) atoms. The minimum absolute atomic E-state index is 0.0238. The summed E-state index contributed by atoms with van der Waals surface area (Å²) in [5.74, 6) is -15.0. The number of phenolic OH excluding ortho intramolecular Hbond substituents is 1. The monoisotopic (exact) mass is 540 g/mol. The summed E-state index contributed by atoms with van der Waals surface area (Å²) in [6.07, 6.45) is 1.22. The van der Waals surface area contributed by atoms with E-state index in [9.17, 15) is 36.6 Å². The first-order valence-corrected chi connectivity index (χ1v) is 11.5. The zero-order valence-electron chi connectivity index (χ0n) is 19.9. The van der Waals surface area contributed by atoms with Crippen LogP contribution < -0.4 is 10.6 Å². The molecule has 3 N–H and O–H groups in total. The van der Waals surface area contributed by atoms with Crippen molar-refractivity contribution in [3.63, 3.8) is 0 Å². The van der Waals surface area contributed by atoms with E-state index in [1.165, 1.54) is 0 Å². The number of carbonyl (C=O) groups is 2. The zero-order chi connectivity index (χ0) is 27.6. The van der Waals surface area contributed by atoms with Crippen molar-refractivity contribution in [2.75, 3.05) is 10.6 Å². The van der Waals surface area contributed by atoms with Gasteiger partial charge in [-0.3, -0.25) is 9.59 Å². The van der Waals surface area contributed by atoms with Gasteiger partial charge >= 0.3 is 0 Å². The normalized spacial score (nSPS) is 11.8. The van der Waals surface area contributed by atoms with Crippen LogP contribution in [0.15, 0.2) is 30.3 Å². The first-order valence-electron chi connectivity index (χ1n) is 11.1. The molecule has 11 heteroatoms. The smallest absolute Gasteiger partial charge is 0.261 e. The number of aromatic hydroxyl groups is 1. The lowest BCUT2D eigenvalue weighted by Crippen LogP contribution is -2.22. The highest BCUT2D eigenvalue weighted by atomic mass is 35.5. The largest absolute Gasteiger partial charge is 0.506 e. The maximum Gasteiger partial charge on any atom is 0.261 e. The number of hydrogen-bond acceptors (Lipinski definition) is 3. The molecular formula is C26H22ClF5N2O3. The number of benzene rings is 3. The molecule has 0 bridgehead atoms. The van der Waals surface area contributed by atoms with Gasteiger partial charge in [-0.2, -0.15) is 0 Å². The first-order chi connectivity index (χ1) is 17.4. The molecule has 0 aromatic heterocycles. The standard InChI is InChI=1S/C26H22ClF5N2O3/c1-4-5-14(13-7-6-11(2)8-12(13)3)25(36)33-16-10-18(35)17(9-15(16)27)34-26(37)19-20(28)22(30)24(32)23(31)21(19)29/h6-10,14,35H,4-5H2,1-3H3,(H,33,36)(H,34,37). The quantitative estimate of drug-likeness (QED) is 0.129. The second kappa shape index (κ2) is 11.2. The Labute approximate surface area is 214 Å². The van der Waals surface area contributed by atoms with Crippen molar-refractivity contribution in [3.05, 3.63) is 86.7 Å². The van der Waals surface area contributed by atoms with Gasteiger partial charge < -0.3 is 15.7 Å². The zero-order valence-corrected chi connectivity index (χ0v) is 20.7. The number of anilines is 2. The molecule has 196 valence electrons. The van der Waals surface area contributed by atoms with Crippen LogP contribution in [0.2, 0.25) is 5.02 Å². The highest BCUT2D eigenvalue weighted by molar-refractivity contribution is 6.34. The van der Waals surface area contributed by atoms with Crippen LogP contribution in [0.5, 0.6) is 5.75 Å². The number of halogens is 6. The summed E-state index contributed by atoms with van der Waals surface area (Å²) in [7, 11) is 0. The molecule has 2 amide bonds. The number of carbonyl (C=O) groups excluding carboxylic acids is 2. The Morgan fingerprint density at radius 3 is 2.05 bits per heavy atom. The van der Waals surface area contributed by atoms with Crippen LogP contribution in [0.4, 0.5) is 33.3 Å². The van der Waals surface area contributed by atoms with Crippen LogP contribution >= 0.6 is 11.6 Å². The number of rotatable bonds is 7. The summed E-state index contributed by atoms with van der Waals surface area (Å²) in [6, 6.07) is 7.65. The molecule has 0 aliphatic heterocycles. The number of hydrogen-bond donors (Lipinski definition) is 3. The highest BCUT2D eigenvalue weighted by Crippen LogP contribution is 2.36. The average molecular weight is 541 g/mol. The molecule has 3 rings (SSSR count). The lowest BCUT2D eigenvalue weighted by atomic mass is 9.89. The maximum atomic E-state index is 14.0. The molecule has 0 saturated carbocycles. The summed E-state index contributed by atoms with van der Waals surface area (Å²) in [5.41, 5.74) is 0.528. The highest BCUT2D eigenvalue weighted by Gasteiger charge is 2.30. The van der Waals surface area contributed by atoms with Crippen molar-refractivity contribution in [3.8, 4) is 5.75 Å². The molecule has 0 spiro atoms. The fourth-order valence-electron chi connectivity index (χ4n) is 3.90. The Morgan fingerprint density at radius 1 is 0.892 bits per heavy atom. The molecule has 0 aliphatic carbocycles. The fraction of sp³-hybridized carbons (Fsp3) is 0.231. The SMILES string of the molecule is CCCC(C(=O)Nc1cc(O)c(NC(=O)c2c(F)c(F)c(F)c(F)c2F)cc1Cl)c1ccc(C)cc1C. The van der Waals surface area contributed by atoms with Crippen molar-refractivity contribution >= 4 is 34.8 Å². The number of nitrogens with one attached hydrogen (secondary N) is 2. The Morgan fingerprint density at radius 2 is 1.49 bits per heavy atom. The molecule has 0 fully saturated rings. The lowest BCUT2D eigenvalue weighted by Gasteiger charge is -2.20. The molecule has 1 unspecified atom stereocenters. The van der Waals surface area contributed by atoms with Gasteiger partial charge in [-0.1, -0.05) is 48.7 Å². The average Bonchev–Trinajstić information content (AvgIpc) is 2.83. The van der Waals surface area contributed by atoms with Gasteiger partial charge in [0.2, 0.25) is 11.7 Å². The maximum absolute atomic E-state index is 14.0. The first kappa shape index (κ1) is 27.9. The Hall–Kier alpha value is -3.66. The van der Waals surface area contributed by atoms with Crippen LogP contribution in [-0.2, 0) is 4.79 Å². The van der Waals surface area contributed by atoms with E-state index in [-0.39, 0.29) is 10.7 Å². The van der Waals surface area contributed by atoms with Crippen molar-refractivity contribution in [2.24, 2.45) is 0 Å². The van der Waals surface area contributed by atoms with E-state index in [4.69, 9.17) is 11.6 Å². The fourth-order valence-corrected chi connectivity index (χ4v) is 4.11. The van der Waals surface area contributed by atoms with Gasteiger partial charge in [-0.25, -0.2) is 22.0 Å². The van der Waals surface area contributed by atoms with Gasteiger partial charge in [0.05, 0.1) is 22.3 Å². The van der Waals surface area contributed by atoms with Crippen LogP contribution in [0.25, 0.3) is 0 Å². The van der Waals surface area contributed by atoms with Crippen LogP contribution in [0.1, 0.15) is 52.7 Å². The van der Waals surface area contributed by atoms with E-state index in [0.29, 0.717) is 12.8 Å². The van der Waals surface area contributed by atoms with E-state index >= 15 is 0 Å². The van der Waals surface area contributed by atoms with Gasteiger partial charge in [0.25, 0.3) is 5.91 Å². The van der Waals surface area contributed by atoms with Crippen molar-refractivity contribution in [2.45, 2.75) is 39.5 Å². The molecule has 0 heterocycles. The van der Waals surface area contributed by atoms with Gasteiger partial charge in [-0.05, 0) is 37.5 Å². The Balaban J connectivity index is 1.88. The van der Waals surface area contributed by atoms with Gasteiger partial charge in [0, 0.05) is 6.07 Å². The molecule has 0 saturated heterocycles. The minimum Gasteiger partial charge on any atom is -0.506 e. The van der Waals surface area contributed by atoms with Crippen molar-refractivity contribution in [1.29, 1.82) is 0 Å². The molecule has 0 aliphatic rings. The van der Waals surface area contributed by atoms with Gasteiger partial charge in [-0.15, -0.1) is 0 Å². The molecule has 3 aromatic carbocycles. The molecule has 1 atom stereocenters. The Bertz CT molecular complexity index is 1370. The number of amides is 2. The number of phenols is 1. The van der Waals surface area contributed by atoms with Gasteiger partial charge in [0.15, 0.2) is 23.3 Å². The number of aryl methyl sites for hydroxylation is 2. The second-order valence-corrected chi connectivity index (χ2v) is 8.85. The summed E-state index contributed by atoms with van der Waals surface area (Å²) in [6.45, 7) is 5.74. The van der Waals surface area contributed by atoms with Gasteiger partial charge in [0.1, 0.15) is 11.3 Å². The Kier molecular flexibility index (Phi) is 8.42. The van der Waals surface area contributed by atoms with E-state index in [0.717, 1.165) is 28.8 Å². The van der Waals surface area contributed by atoms with Crippen LogP contribution in [0, 0.1) is 42.9 Å². The predicted octanol–water partition coefficient (Wildman–Crippen LogP) is 7.13. The third kappa shape index (κ3) is 5.69. The van der Waals surface area contributed by atoms with Crippen molar-refractivity contribution < 1.29 is 36.6 Å². The van der Waals surface area contributed by atoms with E-state index < -0.39 is 63.8 Å². The third-order valence-electron chi connectivity index (χ3n) is 5.72. The summed E-state index contributed by atoms with van der Waals surface area (Å²) in [4.78, 5) is 25.4. The molecule has 3 aromatic rings. The van der Waals surface area contributed by atoms with E-state index in [1.54, 1.807) is 0 Å². The lowest BCUT2D eigenvalue weighted by molar-refractivity contribution is -0.117. The summed E-state index contributed by atoms with van der Waals surface area (Å²) in [5, 5.41) is 14.6. The van der Waals surface area contributed by atoms with Crippen LogP contribution in [-0.4, -0.2) is 16.9 Å². The third-order valence-corrected chi connectivity index (χ3v) is 6.04. The predicted molar refractivity (Wildman–Crippen MR) is 129 cm³/mol. The van der Waals surface area contributed by atoms with E-state index in [1.807, 2.05) is 44.3 Å². The molecule has 5 nitrogen and oxygen atoms in total. The van der Waals surface area contributed by atoms with Crippen LogP contribution in [0.3, 0.4) is 0 Å². The van der Waals surface area contributed by atoms with E-state index in [2.05, 4.69) is 5.32 Å². The second-order valence-electron chi connectivity index (χ2n) is 8.44. The molecular weight excluding hydrogens is 519 g/mol. The summed E-state index contributed by atoms with van der Waals surface area (Å²) < 4.78 is 68.1. The summed E-state index contributed by atoms with van der Waals surface area (Å²) >= 11 is 6.19. The topological polar surface area (TPSA) is 78.4 Å². The molecule has 0 radical (unpaired) electrons. The van der Waals surface area contributed by atoms with Crippen molar-refractivity contribution in [1.82, 2.24) is 0 Å².